The number of piperidine rings is 1. The molecule has 5 nitrogen and oxygen atoms in total. The van der Waals surface area contributed by atoms with E-state index in [0.29, 0.717) is 24.4 Å². The fourth-order valence-electron chi connectivity index (χ4n) is 2.65. The van der Waals surface area contributed by atoms with Gasteiger partial charge in [0.05, 0.1) is 0 Å². The van der Waals surface area contributed by atoms with Gasteiger partial charge in [-0.15, -0.1) is 11.3 Å². The van der Waals surface area contributed by atoms with E-state index in [9.17, 15) is 13.2 Å². The van der Waals surface area contributed by atoms with E-state index in [0.717, 1.165) is 16.5 Å². The van der Waals surface area contributed by atoms with Gasteiger partial charge in [0.15, 0.2) is 0 Å². The average Bonchev–Trinajstić information content (AvgIpc) is 2.93. The Morgan fingerprint density at radius 2 is 2.14 bits per heavy atom. The Kier molecular flexibility index (Phi) is 4.20. The van der Waals surface area contributed by atoms with Crippen LogP contribution in [0.15, 0.2) is 34.5 Å². The molecule has 7 heteroatoms. The first-order chi connectivity index (χ1) is 10.5. The minimum atomic E-state index is -3.54. The predicted octanol–water partition coefficient (Wildman–Crippen LogP) is 2.05. The van der Waals surface area contributed by atoms with Crippen LogP contribution in [0.3, 0.4) is 0 Å². The minimum absolute atomic E-state index is 0.0726. The normalized spacial score (nSPS) is 19.8. The number of carbonyl (C=O) groups excluding carboxylic acids is 1. The summed E-state index contributed by atoms with van der Waals surface area (Å²) in [7, 11) is -1.76. The van der Waals surface area contributed by atoms with E-state index < -0.39 is 10.0 Å². The van der Waals surface area contributed by atoms with Crippen molar-refractivity contribution in [3.8, 4) is 0 Å². The number of carbonyl (C=O) groups is 1. The van der Waals surface area contributed by atoms with Gasteiger partial charge in [-0.3, -0.25) is 4.79 Å². The van der Waals surface area contributed by atoms with E-state index in [1.807, 2.05) is 24.3 Å². The van der Waals surface area contributed by atoms with E-state index in [1.165, 1.54) is 11.3 Å². The Bertz CT molecular complexity index is 798. The highest BCUT2D eigenvalue weighted by Gasteiger charge is 2.26. The predicted molar refractivity (Wildman–Crippen MR) is 87.4 cm³/mol. The zero-order chi connectivity index (χ0) is 15.7. The van der Waals surface area contributed by atoms with Crippen molar-refractivity contribution < 1.29 is 13.2 Å². The molecule has 22 heavy (non-hydrogen) atoms. The Labute approximate surface area is 134 Å². The first-order valence-electron chi connectivity index (χ1n) is 7.17. The number of hydrogen-bond acceptors (Lipinski definition) is 4. The summed E-state index contributed by atoms with van der Waals surface area (Å²) in [5.74, 6) is 0.153. The highest BCUT2D eigenvalue weighted by molar-refractivity contribution is 7.90. The van der Waals surface area contributed by atoms with Crippen LogP contribution in [-0.2, 0) is 14.8 Å². The smallest absolute Gasteiger partial charge is 0.242 e. The lowest BCUT2D eigenvalue weighted by Gasteiger charge is -2.28. The molecule has 1 aliphatic rings. The third-order valence-electron chi connectivity index (χ3n) is 4.06. The lowest BCUT2D eigenvalue weighted by molar-refractivity contribution is -0.133. The first kappa shape index (κ1) is 15.5. The molecule has 1 aliphatic heterocycles. The number of nitrogens with one attached hydrogen (secondary N) is 1. The van der Waals surface area contributed by atoms with Crippen LogP contribution >= 0.6 is 11.3 Å². The minimum Gasteiger partial charge on any atom is -0.346 e. The fraction of sp³-hybridized carbons (Fsp3) is 0.400. The van der Waals surface area contributed by atoms with E-state index in [1.54, 1.807) is 17.3 Å². The lowest BCUT2D eigenvalue weighted by Crippen LogP contribution is -2.40. The van der Waals surface area contributed by atoms with E-state index in [2.05, 4.69) is 4.72 Å². The van der Waals surface area contributed by atoms with Crippen molar-refractivity contribution in [1.29, 1.82) is 0 Å². The largest absolute Gasteiger partial charge is 0.346 e. The molecule has 2 heterocycles. The topological polar surface area (TPSA) is 66.5 Å². The van der Waals surface area contributed by atoms with Gasteiger partial charge in [-0.25, -0.2) is 13.1 Å². The Balaban J connectivity index is 1.73. The Morgan fingerprint density at radius 1 is 1.36 bits per heavy atom. The number of sulfonamides is 1. The Hall–Kier alpha value is -1.44. The van der Waals surface area contributed by atoms with E-state index in [4.69, 9.17) is 0 Å². The molecule has 1 fully saturated rings. The van der Waals surface area contributed by atoms with Crippen molar-refractivity contribution in [3.63, 3.8) is 0 Å². The van der Waals surface area contributed by atoms with Crippen molar-refractivity contribution in [2.24, 2.45) is 5.92 Å². The van der Waals surface area contributed by atoms with Crippen LogP contribution in [0.5, 0.6) is 0 Å². The van der Waals surface area contributed by atoms with Gasteiger partial charge in [0.25, 0.3) is 0 Å². The number of hydrogen-bond donors (Lipinski definition) is 1. The monoisotopic (exact) mass is 338 g/mol. The molecule has 0 saturated carbocycles. The molecule has 3 rings (SSSR count). The zero-order valence-corrected chi connectivity index (χ0v) is 13.9. The number of likely N-dealkylation sites (tertiary alicyclic amines) is 1. The molecule has 0 unspecified atom stereocenters. The quantitative estimate of drug-likeness (QED) is 0.928. The molecule has 118 valence electrons. The molecule has 1 atom stereocenters. The molecule has 0 aliphatic carbocycles. The molecule has 1 N–H and O–H groups in total. The van der Waals surface area contributed by atoms with Crippen LogP contribution in [0.25, 0.3) is 10.1 Å². The highest BCUT2D eigenvalue weighted by atomic mass is 32.2. The van der Waals surface area contributed by atoms with E-state index >= 15 is 0 Å². The number of fused-ring (bicyclic) bond motifs is 1. The van der Waals surface area contributed by atoms with Crippen molar-refractivity contribution >= 4 is 37.4 Å². The summed E-state index contributed by atoms with van der Waals surface area (Å²) in [6, 6.07) is 7.46. The zero-order valence-electron chi connectivity index (χ0n) is 12.3. The van der Waals surface area contributed by atoms with Crippen molar-refractivity contribution in [2.75, 3.05) is 20.1 Å². The van der Waals surface area contributed by atoms with Crippen LogP contribution in [0.4, 0.5) is 0 Å². The van der Waals surface area contributed by atoms with Gasteiger partial charge in [0.2, 0.25) is 15.9 Å². The van der Waals surface area contributed by atoms with Crippen LogP contribution < -0.4 is 4.72 Å². The van der Waals surface area contributed by atoms with Gasteiger partial charge in [0, 0.05) is 42.0 Å². The van der Waals surface area contributed by atoms with Gasteiger partial charge >= 0.3 is 0 Å². The molecule has 1 aromatic carbocycles. The number of nitrogens with zero attached hydrogens (tertiary/aromatic N) is 1. The SMILES string of the molecule is CN1CC[C@@H](CNS(=O)(=O)c2csc3ccccc23)CC1=O. The third kappa shape index (κ3) is 3.02. The summed E-state index contributed by atoms with van der Waals surface area (Å²) in [5, 5.41) is 2.42. The Morgan fingerprint density at radius 3 is 2.91 bits per heavy atom. The molecule has 0 radical (unpaired) electrons. The van der Waals surface area contributed by atoms with Crippen molar-refractivity contribution in [2.45, 2.75) is 17.7 Å². The fourth-order valence-corrected chi connectivity index (χ4v) is 5.26. The maximum atomic E-state index is 12.5. The maximum Gasteiger partial charge on any atom is 0.242 e. The molecular weight excluding hydrogens is 320 g/mol. The van der Waals surface area contributed by atoms with Gasteiger partial charge in [-0.05, 0) is 18.4 Å². The summed E-state index contributed by atoms with van der Waals surface area (Å²) in [6.07, 6.45) is 1.23. The molecule has 1 aromatic heterocycles. The summed E-state index contributed by atoms with van der Waals surface area (Å²) >= 11 is 1.42. The van der Waals surface area contributed by atoms with Crippen LogP contribution in [0, 0.1) is 5.92 Å². The standard InChI is InChI=1S/C15H18N2O3S2/c1-17-7-6-11(8-15(17)18)9-16-22(19,20)14-10-21-13-5-3-2-4-12(13)14/h2-5,10-11,16H,6-9H2,1H3/t11-/m1/s1. The van der Waals surface area contributed by atoms with Gasteiger partial charge in [-0.1, -0.05) is 18.2 Å². The summed E-state index contributed by atoms with van der Waals surface area (Å²) < 4.78 is 28.6. The second-order valence-electron chi connectivity index (χ2n) is 5.62. The third-order valence-corrected chi connectivity index (χ3v) is 6.63. The summed E-state index contributed by atoms with van der Waals surface area (Å²) in [4.78, 5) is 13.7. The summed E-state index contributed by atoms with van der Waals surface area (Å²) in [5.41, 5.74) is 0. The average molecular weight is 338 g/mol. The molecule has 0 bridgehead atoms. The number of benzene rings is 1. The second-order valence-corrected chi connectivity index (χ2v) is 8.27. The number of rotatable bonds is 4. The summed E-state index contributed by atoms with van der Waals surface area (Å²) in [6.45, 7) is 0.999. The van der Waals surface area contributed by atoms with Crippen LogP contribution in [0.1, 0.15) is 12.8 Å². The number of thiophene rings is 1. The highest BCUT2D eigenvalue weighted by Crippen LogP contribution is 2.29. The van der Waals surface area contributed by atoms with Gasteiger partial charge in [-0.2, -0.15) is 0 Å². The molecule has 1 amide bonds. The van der Waals surface area contributed by atoms with Crippen LogP contribution in [0.2, 0.25) is 0 Å². The maximum absolute atomic E-state index is 12.5. The van der Waals surface area contributed by atoms with Gasteiger partial charge < -0.3 is 4.90 Å². The van der Waals surface area contributed by atoms with Crippen molar-refractivity contribution in [3.05, 3.63) is 29.6 Å². The first-order valence-corrected chi connectivity index (χ1v) is 9.53. The molecule has 0 spiro atoms. The lowest BCUT2D eigenvalue weighted by atomic mass is 9.97. The second kappa shape index (κ2) is 5.98. The molecule has 1 saturated heterocycles. The van der Waals surface area contributed by atoms with Crippen LogP contribution in [-0.4, -0.2) is 39.4 Å². The molecular formula is C15H18N2O3S2. The van der Waals surface area contributed by atoms with E-state index in [-0.39, 0.29) is 11.8 Å². The number of amides is 1. The van der Waals surface area contributed by atoms with Crippen molar-refractivity contribution in [1.82, 2.24) is 9.62 Å². The van der Waals surface area contributed by atoms with Gasteiger partial charge in [0.1, 0.15) is 4.90 Å². The molecule has 2 aromatic rings.